The summed E-state index contributed by atoms with van der Waals surface area (Å²) in [5, 5.41) is 8.27. The number of esters is 1. The van der Waals surface area contributed by atoms with Gasteiger partial charge in [0.15, 0.2) is 5.25 Å². The summed E-state index contributed by atoms with van der Waals surface area (Å²) < 4.78 is 40.8. The number of carbonyl (C=O) groups excluding carboxylic acids is 2. The van der Waals surface area contributed by atoms with Gasteiger partial charge in [0.25, 0.3) is 10.1 Å². The molecular weight excluding hydrogens is 415 g/mol. The summed E-state index contributed by atoms with van der Waals surface area (Å²) in [6.45, 7) is 2.58. The zero-order chi connectivity index (χ0) is 20.5. The van der Waals surface area contributed by atoms with Gasteiger partial charge < -0.3 is 19.4 Å². The van der Waals surface area contributed by atoms with Gasteiger partial charge in [-0.2, -0.15) is 8.42 Å². The van der Waals surface area contributed by atoms with Crippen LogP contribution in [0.1, 0.15) is 77.6 Å². The normalized spacial score (nSPS) is 12.2. The van der Waals surface area contributed by atoms with Crippen molar-refractivity contribution in [2.45, 2.75) is 82.8 Å². The molecule has 28 heavy (non-hydrogen) atoms. The minimum atomic E-state index is -4.86. The van der Waals surface area contributed by atoms with E-state index in [1.807, 2.05) is 0 Å². The Balaban J connectivity index is 0. The van der Waals surface area contributed by atoms with Gasteiger partial charge in [0, 0.05) is 19.0 Å². The van der Waals surface area contributed by atoms with E-state index in [0.717, 1.165) is 19.3 Å². The fraction of sp³-hybridized carbons (Fsp3) is 0.889. The summed E-state index contributed by atoms with van der Waals surface area (Å²) in [4.78, 5) is 22.0. The molecule has 0 saturated carbocycles. The minimum absolute atomic E-state index is 0. The fourth-order valence-electron chi connectivity index (χ4n) is 2.55. The van der Waals surface area contributed by atoms with E-state index >= 15 is 0 Å². The molecule has 0 heterocycles. The molecule has 1 N–H and O–H groups in total. The van der Waals surface area contributed by atoms with Gasteiger partial charge in [-0.05, 0) is 6.42 Å². The fourth-order valence-corrected chi connectivity index (χ4v) is 3.21. The van der Waals surface area contributed by atoms with E-state index in [4.69, 9.17) is 9.29 Å². The Bertz CT molecular complexity index is 510. The van der Waals surface area contributed by atoms with Crippen molar-refractivity contribution in [3.63, 3.8) is 0 Å². The van der Waals surface area contributed by atoms with Crippen LogP contribution in [-0.2, 0) is 29.2 Å². The van der Waals surface area contributed by atoms with Gasteiger partial charge in [0.2, 0.25) is 0 Å². The van der Waals surface area contributed by atoms with E-state index in [1.165, 1.54) is 44.9 Å². The van der Waals surface area contributed by atoms with Gasteiger partial charge >= 0.3 is 57.4 Å². The third-order valence-electron chi connectivity index (χ3n) is 4.09. The SMILES string of the molecule is CCCCCCCCCCCCOCCOC(=O)C(CC(=O)[O-])S(=O)(=O)O.[K+]. The Kier molecular flexibility index (Phi) is 21.2. The second kappa shape index (κ2) is 19.4. The van der Waals surface area contributed by atoms with E-state index in [0.29, 0.717) is 6.61 Å². The molecule has 0 rings (SSSR count). The molecular formula is C18H33KO8S. The molecule has 0 radical (unpaired) electrons. The van der Waals surface area contributed by atoms with Gasteiger partial charge in [-0.1, -0.05) is 64.7 Å². The molecule has 0 spiro atoms. The maximum Gasteiger partial charge on any atom is 1.00 e. The number of hydrogen-bond acceptors (Lipinski definition) is 7. The Morgan fingerprint density at radius 3 is 1.86 bits per heavy atom. The molecule has 0 aliphatic heterocycles. The number of carboxylic acids is 1. The molecule has 0 aliphatic rings. The number of carboxylic acid groups (broad SMARTS) is 1. The maximum atomic E-state index is 11.5. The smallest absolute Gasteiger partial charge is 0.550 e. The van der Waals surface area contributed by atoms with Crippen molar-refractivity contribution in [2.24, 2.45) is 0 Å². The molecule has 0 aliphatic carbocycles. The van der Waals surface area contributed by atoms with Crippen LogP contribution >= 0.6 is 0 Å². The predicted molar refractivity (Wildman–Crippen MR) is 98.6 cm³/mol. The van der Waals surface area contributed by atoms with Crippen LogP contribution in [0.15, 0.2) is 0 Å². The molecule has 1 atom stereocenters. The Morgan fingerprint density at radius 2 is 1.39 bits per heavy atom. The standard InChI is InChI=1S/C18H34O8S.K/c1-2-3-4-5-6-7-8-9-10-11-12-25-13-14-26-18(21)16(15-17(19)20)27(22,23)24;/h16H,2-15H2,1H3,(H,19,20)(H,22,23,24);/q;+1/p-1. The van der Waals surface area contributed by atoms with Crippen LogP contribution in [0.25, 0.3) is 0 Å². The third kappa shape index (κ3) is 18.5. The zero-order valence-corrected chi connectivity index (χ0v) is 21.1. The first-order valence-corrected chi connectivity index (χ1v) is 11.2. The van der Waals surface area contributed by atoms with Crippen LogP contribution in [0.3, 0.4) is 0 Å². The molecule has 0 aromatic rings. The minimum Gasteiger partial charge on any atom is -0.550 e. The van der Waals surface area contributed by atoms with Gasteiger partial charge in [0.05, 0.1) is 6.61 Å². The average molecular weight is 449 g/mol. The largest absolute Gasteiger partial charge is 1.00 e. The van der Waals surface area contributed by atoms with Crippen molar-refractivity contribution in [3.05, 3.63) is 0 Å². The van der Waals surface area contributed by atoms with Gasteiger partial charge in [-0.3, -0.25) is 9.35 Å². The van der Waals surface area contributed by atoms with Crippen LogP contribution in [0.5, 0.6) is 0 Å². The summed E-state index contributed by atoms with van der Waals surface area (Å²) in [6.07, 6.45) is 11.0. The van der Waals surface area contributed by atoms with Crippen molar-refractivity contribution in [1.82, 2.24) is 0 Å². The number of aliphatic carboxylic acids is 1. The Labute approximate surface area is 211 Å². The quantitative estimate of drug-likeness (QED) is 0.121. The first-order valence-electron chi connectivity index (χ1n) is 9.69. The van der Waals surface area contributed by atoms with Crippen LogP contribution in [0, 0.1) is 0 Å². The first kappa shape index (κ1) is 30.6. The average Bonchev–Trinajstić information content (AvgIpc) is 2.58. The molecule has 0 amide bonds. The van der Waals surface area contributed by atoms with Crippen molar-refractivity contribution < 1.29 is 88.5 Å². The zero-order valence-electron chi connectivity index (χ0n) is 17.2. The second-order valence-corrected chi connectivity index (χ2v) is 8.14. The number of carbonyl (C=O) groups is 2. The van der Waals surface area contributed by atoms with Crippen LogP contribution in [0.4, 0.5) is 0 Å². The van der Waals surface area contributed by atoms with Gasteiger partial charge in [-0.25, -0.2) is 0 Å². The number of ether oxygens (including phenoxy) is 2. The molecule has 10 heteroatoms. The second-order valence-electron chi connectivity index (χ2n) is 6.54. The first-order chi connectivity index (χ1) is 12.8. The molecule has 160 valence electrons. The van der Waals surface area contributed by atoms with Gasteiger partial charge in [0.1, 0.15) is 6.61 Å². The molecule has 0 fully saturated rings. The maximum absolute atomic E-state index is 11.5. The number of unbranched alkanes of at least 4 members (excludes halogenated alkanes) is 9. The summed E-state index contributed by atoms with van der Waals surface area (Å²) in [7, 11) is -4.86. The van der Waals surface area contributed by atoms with E-state index in [-0.39, 0.29) is 64.6 Å². The third-order valence-corrected chi connectivity index (χ3v) is 5.17. The van der Waals surface area contributed by atoms with E-state index in [9.17, 15) is 23.1 Å². The van der Waals surface area contributed by atoms with Crippen molar-refractivity contribution >= 4 is 22.1 Å². The Hall–Kier alpha value is 0.446. The van der Waals surface area contributed by atoms with E-state index < -0.39 is 33.7 Å². The van der Waals surface area contributed by atoms with Gasteiger partial charge in [-0.15, -0.1) is 0 Å². The monoisotopic (exact) mass is 448 g/mol. The summed E-state index contributed by atoms with van der Waals surface area (Å²) >= 11 is 0. The molecule has 0 bridgehead atoms. The predicted octanol–water partition coefficient (Wildman–Crippen LogP) is -1.13. The molecule has 0 aromatic carbocycles. The van der Waals surface area contributed by atoms with E-state index in [2.05, 4.69) is 11.7 Å². The van der Waals surface area contributed by atoms with Crippen LogP contribution < -0.4 is 56.5 Å². The number of hydrogen-bond donors (Lipinski definition) is 1. The number of rotatable bonds is 18. The molecule has 0 saturated heterocycles. The molecule has 8 nitrogen and oxygen atoms in total. The van der Waals surface area contributed by atoms with Crippen molar-refractivity contribution in [1.29, 1.82) is 0 Å². The molecule has 1 unspecified atom stereocenters. The van der Waals surface area contributed by atoms with Crippen molar-refractivity contribution in [3.8, 4) is 0 Å². The molecule has 0 aromatic heterocycles. The van der Waals surface area contributed by atoms with Crippen molar-refractivity contribution in [2.75, 3.05) is 19.8 Å². The summed E-state index contributed by atoms with van der Waals surface area (Å²) in [5.74, 6) is -3.10. The summed E-state index contributed by atoms with van der Waals surface area (Å²) in [6, 6.07) is 0. The topological polar surface area (TPSA) is 130 Å². The van der Waals surface area contributed by atoms with E-state index in [1.54, 1.807) is 0 Å². The van der Waals surface area contributed by atoms with Crippen LogP contribution in [0.2, 0.25) is 0 Å². The summed E-state index contributed by atoms with van der Waals surface area (Å²) in [5.41, 5.74) is 0. The van der Waals surface area contributed by atoms with Crippen LogP contribution in [-0.4, -0.2) is 50.0 Å². The Morgan fingerprint density at radius 1 is 0.893 bits per heavy atom.